The molecule has 5 amide bonds. The van der Waals surface area contributed by atoms with Crippen LogP contribution >= 0.6 is 7.82 Å². The van der Waals surface area contributed by atoms with E-state index in [1.165, 1.54) is 104 Å². The molecule has 1 saturated heterocycles. The number of carbonyl (C=O) groups excluding carboxylic acids is 9. The topological polar surface area (TPSA) is 423 Å². The van der Waals surface area contributed by atoms with Crippen LogP contribution in [0, 0.1) is 5.92 Å². The van der Waals surface area contributed by atoms with Crippen molar-refractivity contribution in [1.29, 1.82) is 0 Å². The molecule has 0 bridgehead atoms. The zero-order valence-corrected chi connectivity index (χ0v) is 59.9. The number of esters is 4. The van der Waals surface area contributed by atoms with Crippen molar-refractivity contribution in [3.63, 3.8) is 0 Å². The number of phosphoric ester groups is 1. The summed E-state index contributed by atoms with van der Waals surface area (Å²) in [6.45, 7) is 7.03. The molecule has 1 rings (SSSR count). The lowest BCUT2D eigenvalue weighted by molar-refractivity contribution is -0.267. The first-order valence-electron chi connectivity index (χ1n) is 35.8. The largest absolute Gasteiger partial charge is 0.472 e. The summed E-state index contributed by atoms with van der Waals surface area (Å²) in [6.07, 6.45) is 24.2. The van der Waals surface area contributed by atoms with E-state index in [9.17, 15) is 73.0 Å². The van der Waals surface area contributed by atoms with Crippen LogP contribution < -0.4 is 32.3 Å². The third kappa shape index (κ3) is 46.1. The van der Waals surface area contributed by atoms with Gasteiger partial charge in [-0.3, -0.25) is 47.4 Å². The standard InChI is InChI=1S/C68H123N6O22P/c1-7-9-11-13-15-17-19-21-22-24-26-28-30-32-34-36-60(81)94-52(47-90-59(80)35-33-31-29-27-25-23-20-18-16-14-12-10-8-2)48-92-97(88,89)91-42-41-70-57(78)38-39-58(79)73-54(43-49(3)4)67(86)96-61(82)40-37-53(65(69)84)74-66(85)55(45-75)71-44-50(5)93-64-62(72-51(6)77)68(87)95-56(46-76)63(64)83/h21-22,49-50,52-56,62-64,68,71,75-76,83,87H,7-20,23-48H2,1-6H3,(H2,69,84)(H,70,78)(H,72,77)(H,73,79)(H,74,85)(H,88,89)/t50?,52-,53-,54+,55+,56-,62-,63-,64-,68+/m1/s1. The van der Waals surface area contributed by atoms with Crippen LogP contribution in [0.4, 0.5) is 0 Å². The summed E-state index contributed by atoms with van der Waals surface area (Å²) >= 11 is 0. The molecular weight excluding hydrogens is 1280 g/mol. The molecule has 0 spiro atoms. The van der Waals surface area contributed by atoms with Crippen LogP contribution in [0.2, 0.25) is 0 Å². The highest BCUT2D eigenvalue weighted by Gasteiger charge is 2.46. The van der Waals surface area contributed by atoms with E-state index in [0.29, 0.717) is 12.8 Å². The number of nitrogens with one attached hydrogen (secondary N) is 5. The summed E-state index contributed by atoms with van der Waals surface area (Å²) in [5.41, 5.74) is 5.50. The molecule has 1 aliphatic rings. The van der Waals surface area contributed by atoms with Crippen LogP contribution in [0.15, 0.2) is 12.2 Å². The van der Waals surface area contributed by atoms with Crippen molar-refractivity contribution in [2.45, 2.75) is 314 Å². The van der Waals surface area contributed by atoms with E-state index < -0.39 is 181 Å². The van der Waals surface area contributed by atoms with Gasteiger partial charge < -0.3 is 81.3 Å². The van der Waals surface area contributed by atoms with Gasteiger partial charge in [0.25, 0.3) is 0 Å². The molecular formula is C68H123N6O22P. The van der Waals surface area contributed by atoms with Gasteiger partial charge in [-0.2, -0.15) is 0 Å². The normalized spacial score (nSPS) is 18.5. The van der Waals surface area contributed by atoms with Crippen LogP contribution in [0.5, 0.6) is 0 Å². The predicted molar refractivity (Wildman–Crippen MR) is 362 cm³/mol. The average Bonchev–Trinajstić information content (AvgIpc) is 0.809. The first-order valence-corrected chi connectivity index (χ1v) is 37.3. The zero-order valence-electron chi connectivity index (χ0n) is 59.0. The number of amides is 5. The molecule has 1 aliphatic heterocycles. The minimum Gasteiger partial charge on any atom is -0.462 e. The number of rotatable bonds is 60. The smallest absolute Gasteiger partial charge is 0.462 e. The van der Waals surface area contributed by atoms with Crippen molar-refractivity contribution in [3.8, 4) is 0 Å². The van der Waals surface area contributed by atoms with Crippen molar-refractivity contribution in [1.82, 2.24) is 26.6 Å². The van der Waals surface area contributed by atoms with E-state index in [-0.39, 0.29) is 38.3 Å². The number of carbonyl (C=O) groups is 9. The lowest BCUT2D eigenvalue weighted by Gasteiger charge is -2.43. The van der Waals surface area contributed by atoms with Crippen molar-refractivity contribution < 1.29 is 106 Å². The van der Waals surface area contributed by atoms with E-state index in [2.05, 4.69) is 52.6 Å². The molecule has 29 heteroatoms. The van der Waals surface area contributed by atoms with E-state index in [1.54, 1.807) is 13.8 Å². The van der Waals surface area contributed by atoms with Gasteiger partial charge in [-0.15, -0.1) is 0 Å². The van der Waals surface area contributed by atoms with Gasteiger partial charge >= 0.3 is 31.7 Å². The molecule has 12 N–H and O–H groups in total. The lowest BCUT2D eigenvalue weighted by Crippen LogP contribution is -2.65. The zero-order chi connectivity index (χ0) is 72.2. The Morgan fingerprint density at radius 2 is 1.16 bits per heavy atom. The predicted octanol–water partition coefficient (Wildman–Crippen LogP) is 6.64. The van der Waals surface area contributed by atoms with Gasteiger partial charge in [0.15, 0.2) is 12.4 Å². The van der Waals surface area contributed by atoms with Gasteiger partial charge in [-0.1, -0.05) is 168 Å². The summed E-state index contributed by atoms with van der Waals surface area (Å²) in [5.74, 6) is -7.61. The first-order chi connectivity index (χ1) is 46.4. The van der Waals surface area contributed by atoms with Crippen molar-refractivity contribution in [2.24, 2.45) is 11.7 Å². The molecule has 562 valence electrons. The fourth-order valence-corrected chi connectivity index (χ4v) is 11.4. The number of primary amides is 1. The number of phosphoric acid groups is 1. The Kier molecular flexibility index (Phi) is 51.7. The first kappa shape index (κ1) is 90.0. The number of allylic oxidation sites excluding steroid dienone is 2. The maximum absolute atomic E-state index is 13.2. The number of hydrogen-bond acceptors (Lipinski definition) is 22. The van der Waals surface area contributed by atoms with Crippen LogP contribution in [0.3, 0.4) is 0 Å². The SMILES string of the molecule is CCCCCCCCC=CCCCCCCCC(=O)O[C@H](COC(=O)CCCCCCCCCCCCCCC)COP(=O)(O)OCCNC(=O)CCC(=O)N[C@@H](CC(C)C)C(=O)OC(=O)CC[C@@H](NC(=O)[C@H](CO)NCC(C)O[C@H]1[C@H](O)[C@@H](CO)O[C@H](O)[C@@H]1NC(C)=O)C(N)=O. The number of ether oxygens (including phenoxy) is 5. The van der Waals surface area contributed by atoms with Crippen LogP contribution in [0.1, 0.15) is 253 Å². The second-order valence-corrected chi connectivity index (χ2v) is 27.1. The lowest BCUT2D eigenvalue weighted by atomic mass is 9.96. The highest BCUT2D eigenvalue weighted by atomic mass is 31.2. The molecule has 97 heavy (non-hydrogen) atoms. The van der Waals surface area contributed by atoms with Gasteiger partial charge in [0.05, 0.1) is 32.5 Å². The van der Waals surface area contributed by atoms with Gasteiger partial charge in [0.2, 0.25) is 29.5 Å². The second kappa shape index (κ2) is 55.7. The minimum absolute atomic E-state index is 0.00635. The minimum atomic E-state index is -4.81. The van der Waals surface area contributed by atoms with E-state index in [4.69, 9.17) is 38.5 Å². The Morgan fingerprint density at radius 3 is 1.69 bits per heavy atom. The molecule has 0 radical (unpaired) electrons. The van der Waals surface area contributed by atoms with Crippen molar-refractivity contribution in [3.05, 3.63) is 12.2 Å². The fourth-order valence-electron chi connectivity index (χ4n) is 10.6. The molecule has 0 aromatic heterocycles. The molecule has 11 atom stereocenters. The third-order valence-electron chi connectivity index (χ3n) is 16.2. The number of unbranched alkanes of at least 4 members (excludes halogenated alkanes) is 23. The summed E-state index contributed by atoms with van der Waals surface area (Å²) in [7, 11) is -4.81. The van der Waals surface area contributed by atoms with Crippen LogP contribution in [0.25, 0.3) is 0 Å². The molecule has 0 aliphatic carbocycles. The van der Waals surface area contributed by atoms with Gasteiger partial charge in [-0.05, 0) is 64.2 Å². The number of hydrogen-bond donors (Lipinski definition) is 11. The molecule has 1 fully saturated rings. The summed E-state index contributed by atoms with van der Waals surface area (Å²) < 4.78 is 50.2. The Balaban J connectivity index is 2.68. The van der Waals surface area contributed by atoms with E-state index in [0.717, 1.165) is 64.2 Å². The van der Waals surface area contributed by atoms with E-state index in [1.807, 2.05) is 0 Å². The van der Waals surface area contributed by atoms with E-state index >= 15 is 0 Å². The maximum atomic E-state index is 13.2. The van der Waals surface area contributed by atoms with Crippen molar-refractivity contribution in [2.75, 3.05) is 46.1 Å². The van der Waals surface area contributed by atoms with Gasteiger partial charge in [0, 0.05) is 52.1 Å². The molecule has 0 saturated carbocycles. The molecule has 0 aromatic carbocycles. The summed E-state index contributed by atoms with van der Waals surface area (Å²) in [5, 5.41) is 53.1. The quantitative estimate of drug-likeness (QED) is 0.00759. The number of nitrogens with two attached hydrogens (primary N) is 1. The van der Waals surface area contributed by atoms with Gasteiger partial charge in [0.1, 0.15) is 49.1 Å². The molecule has 0 aromatic rings. The molecule has 1 heterocycles. The van der Waals surface area contributed by atoms with Crippen molar-refractivity contribution >= 4 is 61.2 Å². The maximum Gasteiger partial charge on any atom is 0.472 e. The molecule has 28 nitrogen and oxygen atoms in total. The molecule has 2 unspecified atom stereocenters. The van der Waals surface area contributed by atoms with Gasteiger partial charge in [-0.25, -0.2) is 9.36 Å². The average molecular weight is 1410 g/mol. The highest BCUT2D eigenvalue weighted by molar-refractivity contribution is 7.47. The number of aliphatic hydroxyl groups is 4. The highest BCUT2D eigenvalue weighted by Crippen LogP contribution is 2.43. The summed E-state index contributed by atoms with van der Waals surface area (Å²) in [6, 6.07) is -5.48. The second-order valence-electron chi connectivity index (χ2n) is 25.6. The Hall–Kier alpha value is -5.00. The Bertz CT molecular complexity index is 2300. The third-order valence-corrected chi connectivity index (χ3v) is 17.1. The Labute approximate surface area is 575 Å². The van der Waals surface area contributed by atoms with Crippen LogP contribution in [-0.4, -0.2) is 186 Å². The summed E-state index contributed by atoms with van der Waals surface area (Å²) in [4.78, 5) is 125. The monoisotopic (exact) mass is 1410 g/mol. The van der Waals surface area contributed by atoms with Crippen LogP contribution in [-0.2, 0) is 80.4 Å². The fraction of sp³-hybridized carbons (Fsp3) is 0.838. The Morgan fingerprint density at radius 1 is 0.629 bits per heavy atom. The number of aliphatic hydroxyl groups excluding tert-OH is 4.